The molecule has 0 unspecified atom stereocenters. The Morgan fingerprint density at radius 2 is 2.09 bits per heavy atom. The van der Waals surface area contributed by atoms with Crippen LogP contribution in [0.25, 0.3) is 0 Å². The summed E-state index contributed by atoms with van der Waals surface area (Å²) in [5.74, 6) is 1.07. The van der Waals surface area contributed by atoms with Gasteiger partial charge in [-0.1, -0.05) is 18.5 Å². The number of halogens is 1. The van der Waals surface area contributed by atoms with Gasteiger partial charge in [0.15, 0.2) is 0 Å². The van der Waals surface area contributed by atoms with Crippen molar-refractivity contribution >= 4 is 29.1 Å². The molecule has 5 nitrogen and oxygen atoms in total. The van der Waals surface area contributed by atoms with Crippen molar-refractivity contribution in [1.82, 2.24) is 5.32 Å². The first-order valence-corrected chi connectivity index (χ1v) is 8.28. The highest BCUT2D eigenvalue weighted by molar-refractivity contribution is 6.32. The van der Waals surface area contributed by atoms with Gasteiger partial charge in [0, 0.05) is 24.6 Å². The maximum absolute atomic E-state index is 11.9. The lowest BCUT2D eigenvalue weighted by atomic mass is 10.2. The van der Waals surface area contributed by atoms with Gasteiger partial charge in [-0.2, -0.15) is 0 Å². The quantitative estimate of drug-likeness (QED) is 0.802. The lowest BCUT2D eigenvalue weighted by Gasteiger charge is -2.13. The monoisotopic (exact) mass is 338 g/mol. The molecule has 0 aliphatic heterocycles. The molecular formula is C17H23ClN2O3. The third-order valence-corrected chi connectivity index (χ3v) is 3.97. The van der Waals surface area contributed by atoms with Crippen LogP contribution in [0.4, 0.5) is 5.69 Å². The molecule has 0 spiro atoms. The highest BCUT2D eigenvalue weighted by Crippen LogP contribution is 2.37. The molecule has 0 bridgehead atoms. The molecule has 1 aromatic carbocycles. The van der Waals surface area contributed by atoms with Crippen molar-refractivity contribution in [1.29, 1.82) is 0 Å². The number of anilines is 1. The van der Waals surface area contributed by atoms with Gasteiger partial charge in [-0.15, -0.1) is 0 Å². The van der Waals surface area contributed by atoms with E-state index in [2.05, 4.69) is 10.6 Å². The van der Waals surface area contributed by atoms with Crippen LogP contribution in [0.2, 0.25) is 5.02 Å². The van der Waals surface area contributed by atoms with E-state index in [1.54, 1.807) is 18.2 Å². The fourth-order valence-corrected chi connectivity index (χ4v) is 2.49. The Morgan fingerprint density at radius 3 is 2.65 bits per heavy atom. The van der Waals surface area contributed by atoms with Crippen molar-refractivity contribution in [3.8, 4) is 5.75 Å². The van der Waals surface area contributed by atoms with E-state index in [4.69, 9.17) is 16.3 Å². The molecule has 126 valence electrons. The van der Waals surface area contributed by atoms with Crippen LogP contribution >= 0.6 is 11.6 Å². The zero-order chi connectivity index (χ0) is 17.0. The number of ether oxygens (including phenoxy) is 1. The van der Waals surface area contributed by atoms with Crippen molar-refractivity contribution in [2.45, 2.75) is 39.7 Å². The van der Waals surface area contributed by atoms with E-state index in [-0.39, 0.29) is 30.3 Å². The molecule has 23 heavy (non-hydrogen) atoms. The summed E-state index contributed by atoms with van der Waals surface area (Å²) in [5, 5.41) is 6.00. The minimum atomic E-state index is -0.164. The molecule has 1 aromatic rings. The molecule has 6 heteroatoms. The smallest absolute Gasteiger partial charge is 0.226 e. The van der Waals surface area contributed by atoms with Crippen LogP contribution in [-0.4, -0.2) is 24.5 Å². The highest BCUT2D eigenvalue weighted by atomic mass is 35.5. The molecule has 2 rings (SSSR count). The van der Waals surface area contributed by atoms with Crippen molar-refractivity contribution in [3.63, 3.8) is 0 Å². The summed E-state index contributed by atoms with van der Waals surface area (Å²) in [5.41, 5.74) is 0.609. The first kappa shape index (κ1) is 17.6. The molecule has 2 amide bonds. The molecule has 0 radical (unpaired) electrons. The summed E-state index contributed by atoms with van der Waals surface area (Å²) in [6.45, 7) is 6.23. The maximum Gasteiger partial charge on any atom is 0.226 e. The van der Waals surface area contributed by atoms with Crippen LogP contribution in [0.15, 0.2) is 18.2 Å². The lowest BCUT2D eigenvalue weighted by Crippen LogP contribution is -2.29. The van der Waals surface area contributed by atoms with Gasteiger partial charge in [-0.3, -0.25) is 9.59 Å². The summed E-state index contributed by atoms with van der Waals surface area (Å²) in [6.07, 6.45) is 1.21. The fraction of sp³-hybridized carbons (Fsp3) is 0.529. The van der Waals surface area contributed by atoms with Gasteiger partial charge in [-0.05, 0) is 44.4 Å². The topological polar surface area (TPSA) is 67.4 Å². The molecule has 0 saturated heterocycles. The number of hydrogen-bond acceptors (Lipinski definition) is 3. The van der Waals surface area contributed by atoms with Gasteiger partial charge in [0.2, 0.25) is 11.8 Å². The van der Waals surface area contributed by atoms with Crippen LogP contribution in [-0.2, 0) is 9.59 Å². The Kier molecular flexibility index (Phi) is 5.88. The standard InChI is InChI=1S/C17H23ClN2O3/c1-10(2)23-15-5-4-12(9-14(15)18)20-16(21)6-7-19-17(22)13-8-11(13)3/h4-5,9-11,13H,6-8H2,1-3H3,(H,19,22)(H,20,21)/t11-,13-/m1/s1. The molecule has 1 aliphatic rings. The first-order chi connectivity index (χ1) is 10.9. The van der Waals surface area contributed by atoms with E-state index in [0.717, 1.165) is 6.42 Å². The molecule has 2 atom stereocenters. The lowest BCUT2D eigenvalue weighted by molar-refractivity contribution is -0.122. The van der Waals surface area contributed by atoms with Crippen LogP contribution < -0.4 is 15.4 Å². The summed E-state index contributed by atoms with van der Waals surface area (Å²) in [4.78, 5) is 23.5. The largest absolute Gasteiger partial charge is 0.489 e. The highest BCUT2D eigenvalue weighted by Gasteiger charge is 2.38. The normalized spacial score (nSPS) is 19.3. The molecular weight excluding hydrogens is 316 g/mol. The minimum absolute atomic E-state index is 0.0331. The Hall–Kier alpha value is -1.75. The number of rotatable bonds is 7. The van der Waals surface area contributed by atoms with Crippen molar-refractivity contribution < 1.29 is 14.3 Å². The van der Waals surface area contributed by atoms with Gasteiger partial charge >= 0.3 is 0 Å². The van der Waals surface area contributed by atoms with Crippen LogP contribution in [0.5, 0.6) is 5.75 Å². The Bertz CT molecular complexity index is 589. The molecule has 0 heterocycles. The molecule has 1 saturated carbocycles. The zero-order valence-electron chi connectivity index (χ0n) is 13.7. The molecule has 2 N–H and O–H groups in total. The van der Waals surface area contributed by atoms with Crippen LogP contribution in [0.3, 0.4) is 0 Å². The van der Waals surface area contributed by atoms with Crippen LogP contribution in [0, 0.1) is 11.8 Å². The van der Waals surface area contributed by atoms with Gasteiger partial charge < -0.3 is 15.4 Å². The van der Waals surface area contributed by atoms with Gasteiger partial charge in [0.1, 0.15) is 5.75 Å². The Morgan fingerprint density at radius 1 is 1.39 bits per heavy atom. The molecule has 1 fully saturated rings. The Labute approximate surface area is 141 Å². The maximum atomic E-state index is 11.9. The van der Waals surface area contributed by atoms with E-state index in [9.17, 15) is 9.59 Å². The minimum Gasteiger partial charge on any atom is -0.489 e. The van der Waals surface area contributed by atoms with E-state index in [1.165, 1.54) is 0 Å². The Balaban J connectivity index is 1.76. The third kappa shape index (κ3) is 5.43. The van der Waals surface area contributed by atoms with Gasteiger partial charge in [0.25, 0.3) is 0 Å². The average molecular weight is 339 g/mol. The average Bonchev–Trinajstić information content (AvgIpc) is 3.18. The van der Waals surface area contributed by atoms with E-state index in [1.807, 2.05) is 20.8 Å². The third-order valence-electron chi connectivity index (χ3n) is 3.68. The number of amides is 2. The SMILES string of the molecule is CC(C)Oc1ccc(NC(=O)CCNC(=O)[C@@H]2C[C@H]2C)cc1Cl. The number of hydrogen-bond donors (Lipinski definition) is 2. The number of benzene rings is 1. The number of carbonyl (C=O) groups is 2. The van der Waals surface area contributed by atoms with Crippen LogP contribution in [0.1, 0.15) is 33.6 Å². The van der Waals surface area contributed by atoms with E-state index < -0.39 is 0 Å². The zero-order valence-corrected chi connectivity index (χ0v) is 14.4. The first-order valence-electron chi connectivity index (χ1n) is 7.90. The summed E-state index contributed by atoms with van der Waals surface area (Å²) in [7, 11) is 0. The molecule has 1 aliphatic carbocycles. The second kappa shape index (κ2) is 7.68. The predicted octanol–water partition coefficient (Wildman–Crippen LogP) is 3.23. The summed E-state index contributed by atoms with van der Waals surface area (Å²) < 4.78 is 5.54. The second-order valence-corrected chi connectivity index (χ2v) is 6.63. The molecule has 0 aromatic heterocycles. The van der Waals surface area contributed by atoms with Crippen molar-refractivity contribution in [2.24, 2.45) is 11.8 Å². The number of nitrogens with one attached hydrogen (secondary N) is 2. The van der Waals surface area contributed by atoms with Gasteiger partial charge in [0.05, 0.1) is 11.1 Å². The predicted molar refractivity (Wildman–Crippen MR) is 90.7 cm³/mol. The summed E-state index contributed by atoms with van der Waals surface area (Å²) >= 11 is 6.12. The van der Waals surface area contributed by atoms with E-state index in [0.29, 0.717) is 28.9 Å². The second-order valence-electron chi connectivity index (χ2n) is 6.22. The van der Waals surface area contributed by atoms with E-state index >= 15 is 0 Å². The van der Waals surface area contributed by atoms with Crippen molar-refractivity contribution in [3.05, 3.63) is 23.2 Å². The van der Waals surface area contributed by atoms with Gasteiger partial charge in [-0.25, -0.2) is 0 Å². The fourth-order valence-electron chi connectivity index (χ4n) is 2.27. The summed E-state index contributed by atoms with van der Waals surface area (Å²) in [6, 6.07) is 5.13. The van der Waals surface area contributed by atoms with Crippen molar-refractivity contribution in [2.75, 3.05) is 11.9 Å². The number of carbonyl (C=O) groups excluding carboxylic acids is 2.